The van der Waals surface area contributed by atoms with Crippen LogP contribution in [0.1, 0.15) is 23.0 Å². The molecular formula is C22H28N6O2. The molecule has 4 rings (SSSR count). The fourth-order valence-corrected chi connectivity index (χ4v) is 3.90. The number of piperazine rings is 1. The van der Waals surface area contributed by atoms with Gasteiger partial charge in [0.25, 0.3) is 0 Å². The van der Waals surface area contributed by atoms with Crippen molar-refractivity contribution in [2.24, 2.45) is 0 Å². The second-order valence-corrected chi connectivity index (χ2v) is 7.54. The zero-order chi connectivity index (χ0) is 20.9. The van der Waals surface area contributed by atoms with Crippen molar-refractivity contribution in [2.75, 3.05) is 47.4 Å². The molecule has 0 saturated carbocycles. The van der Waals surface area contributed by atoms with Crippen LogP contribution in [0, 0.1) is 0 Å². The molecule has 0 aliphatic carbocycles. The monoisotopic (exact) mass is 408 g/mol. The molecule has 1 atom stereocenters. The van der Waals surface area contributed by atoms with E-state index in [9.17, 15) is 0 Å². The van der Waals surface area contributed by atoms with Crippen LogP contribution in [0.15, 0.2) is 48.5 Å². The van der Waals surface area contributed by atoms with Crippen molar-refractivity contribution in [1.82, 2.24) is 30.0 Å². The van der Waals surface area contributed by atoms with Crippen LogP contribution in [0.2, 0.25) is 0 Å². The van der Waals surface area contributed by atoms with Gasteiger partial charge in [-0.25, -0.2) is 4.68 Å². The molecule has 1 aliphatic heterocycles. The third kappa shape index (κ3) is 4.29. The van der Waals surface area contributed by atoms with Crippen molar-refractivity contribution in [2.45, 2.75) is 12.6 Å². The van der Waals surface area contributed by atoms with Gasteiger partial charge < -0.3 is 14.4 Å². The van der Waals surface area contributed by atoms with Crippen LogP contribution in [0.4, 0.5) is 0 Å². The van der Waals surface area contributed by atoms with Crippen molar-refractivity contribution in [3.8, 4) is 11.5 Å². The summed E-state index contributed by atoms with van der Waals surface area (Å²) in [7, 11) is 5.46. The third-order valence-corrected chi connectivity index (χ3v) is 5.61. The summed E-state index contributed by atoms with van der Waals surface area (Å²) in [5.74, 6) is 2.24. The lowest BCUT2D eigenvalue weighted by atomic mass is 10.0. The van der Waals surface area contributed by atoms with Crippen molar-refractivity contribution in [1.29, 1.82) is 0 Å². The predicted octanol–water partition coefficient (Wildman–Crippen LogP) is 2.08. The normalized spacial score (nSPS) is 16.4. The first-order chi connectivity index (χ1) is 14.7. The van der Waals surface area contributed by atoms with Gasteiger partial charge in [-0.2, -0.15) is 0 Å². The minimum atomic E-state index is -0.0720. The molecule has 1 fully saturated rings. The van der Waals surface area contributed by atoms with Crippen LogP contribution >= 0.6 is 0 Å². The van der Waals surface area contributed by atoms with E-state index in [0.717, 1.165) is 43.1 Å². The van der Waals surface area contributed by atoms with Crippen molar-refractivity contribution < 1.29 is 9.47 Å². The topological polar surface area (TPSA) is 68.5 Å². The highest BCUT2D eigenvalue weighted by Crippen LogP contribution is 2.35. The summed E-state index contributed by atoms with van der Waals surface area (Å²) in [6.45, 7) is 4.51. The summed E-state index contributed by atoms with van der Waals surface area (Å²) in [5.41, 5.74) is 2.25. The van der Waals surface area contributed by atoms with E-state index in [1.807, 2.05) is 35.0 Å². The van der Waals surface area contributed by atoms with E-state index in [-0.39, 0.29) is 6.04 Å². The molecule has 0 radical (unpaired) electrons. The van der Waals surface area contributed by atoms with E-state index in [2.05, 4.69) is 50.6 Å². The van der Waals surface area contributed by atoms with Gasteiger partial charge in [-0.3, -0.25) is 4.90 Å². The molecule has 8 heteroatoms. The number of ether oxygens (including phenoxy) is 2. The fourth-order valence-electron chi connectivity index (χ4n) is 3.90. The van der Waals surface area contributed by atoms with Crippen LogP contribution in [0.5, 0.6) is 11.5 Å². The molecule has 158 valence electrons. The number of likely N-dealkylation sites (N-methyl/N-ethyl adjacent to an activating group) is 1. The van der Waals surface area contributed by atoms with Crippen LogP contribution < -0.4 is 9.47 Å². The highest BCUT2D eigenvalue weighted by atomic mass is 16.5. The highest BCUT2D eigenvalue weighted by Gasteiger charge is 2.30. The smallest absolute Gasteiger partial charge is 0.173 e. The average molecular weight is 409 g/mol. The summed E-state index contributed by atoms with van der Waals surface area (Å²) in [5, 5.41) is 12.8. The van der Waals surface area contributed by atoms with Gasteiger partial charge in [0.1, 0.15) is 0 Å². The van der Waals surface area contributed by atoms with Gasteiger partial charge >= 0.3 is 0 Å². The maximum atomic E-state index is 5.56. The van der Waals surface area contributed by atoms with E-state index in [1.165, 1.54) is 0 Å². The zero-order valence-electron chi connectivity index (χ0n) is 17.7. The minimum absolute atomic E-state index is 0.0720. The maximum absolute atomic E-state index is 5.56. The van der Waals surface area contributed by atoms with E-state index < -0.39 is 0 Å². The first kappa shape index (κ1) is 20.3. The Morgan fingerprint density at radius 2 is 1.67 bits per heavy atom. The summed E-state index contributed by atoms with van der Waals surface area (Å²) >= 11 is 0. The molecule has 3 aromatic rings. The van der Waals surface area contributed by atoms with Crippen LogP contribution in [-0.2, 0) is 6.54 Å². The molecule has 8 nitrogen and oxygen atoms in total. The average Bonchev–Trinajstić information content (AvgIpc) is 3.23. The molecular weight excluding hydrogens is 380 g/mol. The number of rotatable bonds is 7. The van der Waals surface area contributed by atoms with Gasteiger partial charge in [0, 0.05) is 26.2 Å². The van der Waals surface area contributed by atoms with E-state index in [0.29, 0.717) is 18.0 Å². The molecule has 30 heavy (non-hydrogen) atoms. The van der Waals surface area contributed by atoms with Gasteiger partial charge in [0.15, 0.2) is 17.3 Å². The standard InChI is InChI=1S/C22H28N6O2/c1-26-11-13-27(14-12-26)21(18-9-10-19(29-2)20(15-18)30-3)22-23-24-25-28(22)16-17-7-5-4-6-8-17/h4-10,15,21H,11-14,16H2,1-3H3. The zero-order valence-corrected chi connectivity index (χ0v) is 17.7. The molecule has 0 bridgehead atoms. The largest absolute Gasteiger partial charge is 0.493 e. The number of methoxy groups -OCH3 is 2. The van der Waals surface area contributed by atoms with Crippen molar-refractivity contribution in [3.63, 3.8) is 0 Å². The van der Waals surface area contributed by atoms with E-state index in [1.54, 1.807) is 14.2 Å². The lowest BCUT2D eigenvalue weighted by molar-refractivity contribution is 0.121. The molecule has 1 aromatic heterocycles. The van der Waals surface area contributed by atoms with Crippen LogP contribution in [0.25, 0.3) is 0 Å². The van der Waals surface area contributed by atoms with Crippen LogP contribution in [-0.4, -0.2) is 77.5 Å². The SMILES string of the molecule is COc1ccc(C(c2nnnn2Cc2ccccc2)N2CCN(C)CC2)cc1OC. The van der Waals surface area contributed by atoms with Crippen molar-refractivity contribution in [3.05, 3.63) is 65.5 Å². The quantitative estimate of drug-likeness (QED) is 0.593. The Morgan fingerprint density at radius 3 is 2.37 bits per heavy atom. The fraction of sp³-hybridized carbons (Fsp3) is 0.409. The lowest BCUT2D eigenvalue weighted by Crippen LogP contribution is -2.46. The Hall–Kier alpha value is -2.97. The Bertz CT molecular complexity index is 953. The Kier molecular flexibility index (Phi) is 6.25. The Balaban J connectivity index is 1.73. The molecule has 0 spiro atoms. The minimum Gasteiger partial charge on any atom is -0.493 e. The molecule has 0 amide bonds. The summed E-state index contributed by atoms with van der Waals surface area (Å²) in [6.07, 6.45) is 0. The molecule has 1 aliphatic rings. The first-order valence-electron chi connectivity index (χ1n) is 10.1. The third-order valence-electron chi connectivity index (χ3n) is 5.61. The molecule has 1 unspecified atom stereocenters. The number of aromatic nitrogens is 4. The molecule has 2 aromatic carbocycles. The predicted molar refractivity (Wildman–Crippen MR) is 114 cm³/mol. The number of hydrogen-bond donors (Lipinski definition) is 0. The van der Waals surface area contributed by atoms with Gasteiger partial charge in [-0.1, -0.05) is 36.4 Å². The number of tetrazole rings is 1. The number of benzene rings is 2. The number of nitrogens with zero attached hydrogens (tertiary/aromatic N) is 6. The van der Waals surface area contributed by atoms with Gasteiger partial charge in [0.2, 0.25) is 0 Å². The Morgan fingerprint density at radius 1 is 0.933 bits per heavy atom. The van der Waals surface area contributed by atoms with Crippen molar-refractivity contribution >= 4 is 0 Å². The van der Waals surface area contributed by atoms with E-state index in [4.69, 9.17) is 9.47 Å². The van der Waals surface area contributed by atoms with Crippen LogP contribution in [0.3, 0.4) is 0 Å². The maximum Gasteiger partial charge on any atom is 0.173 e. The first-order valence-corrected chi connectivity index (χ1v) is 10.1. The lowest BCUT2D eigenvalue weighted by Gasteiger charge is -2.37. The molecule has 2 heterocycles. The molecule has 1 saturated heterocycles. The second kappa shape index (κ2) is 9.23. The van der Waals surface area contributed by atoms with Gasteiger partial charge in [-0.05, 0) is 40.7 Å². The van der Waals surface area contributed by atoms with E-state index >= 15 is 0 Å². The summed E-state index contributed by atoms with van der Waals surface area (Å²) in [6, 6.07) is 16.2. The summed E-state index contributed by atoms with van der Waals surface area (Å²) in [4.78, 5) is 4.78. The molecule has 0 N–H and O–H groups in total. The highest BCUT2D eigenvalue weighted by molar-refractivity contribution is 5.45. The Labute approximate surface area is 177 Å². The van der Waals surface area contributed by atoms with Gasteiger partial charge in [0.05, 0.1) is 26.8 Å². The summed E-state index contributed by atoms with van der Waals surface area (Å²) < 4.78 is 12.9. The number of hydrogen-bond acceptors (Lipinski definition) is 7. The second-order valence-electron chi connectivity index (χ2n) is 7.54. The van der Waals surface area contributed by atoms with Gasteiger partial charge in [-0.15, -0.1) is 5.10 Å².